The average molecular weight is 339 g/mol. The van der Waals surface area contributed by atoms with Crippen LogP contribution < -0.4 is 21.7 Å². The third kappa shape index (κ3) is 2.55. The molecule has 1 atom stereocenters. The van der Waals surface area contributed by atoms with E-state index in [1.54, 1.807) is 18.2 Å². The lowest BCUT2D eigenvalue weighted by molar-refractivity contribution is 0.654. The molecule has 3 aromatic rings. The molecule has 2 N–H and O–H groups in total. The van der Waals surface area contributed by atoms with Gasteiger partial charge in [-0.2, -0.15) is 0 Å². The summed E-state index contributed by atoms with van der Waals surface area (Å²) in [7, 11) is 1.43. The molecule has 4 rings (SSSR count). The summed E-state index contributed by atoms with van der Waals surface area (Å²) in [5.74, 6) is 0.995. The molecule has 25 heavy (non-hydrogen) atoms. The molecule has 0 spiro atoms. The van der Waals surface area contributed by atoms with Crippen molar-refractivity contribution in [1.82, 2.24) is 19.5 Å². The fraction of sp³-hybridized carbons (Fsp3) is 0.294. The summed E-state index contributed by atoms with van der Waals surface area (Å²) in [6, 6.07) is 8.37. The normalized spacial score (nSPS) is 17.3. The van der Waals surface area contributed by atoms with Gasteiger partial charge in [-0.15, -0.1) is 0 Å². The zero-order chi connectivity index (χ0) is 17.6. The van der Waals surface area contributed by atoms with Gasteiger partial charge >= 0.3 is 5.69 Å². The lowest BCUT2D eigenvalue weighted by Gasteiger charge is -2.25. The third-order valence-corrected chi connectivity index (χ3v) is 4.64. The first kappa shape index (κ1) is 15.4. The minimum atomic E-state index is -0.465. The van der Waals surface area contributed by atoms with Crippen LogP contribution in [0, 0.1) is 0 Å². The van der Waals surface area contributed by atoms with E-state index in [9.17, 15) is 14.4 Å². The molecule has 1 fully saturated rings. The molecular formula is C17H17N5O3. The van der Waals surface area contributed by atoms with E-state index < -0.39 is 5.69 Å². The second-order valence-electron chi connectivity index (χ2n) is 6.18. The Morgan fingerprint density at radius 2 is 1.96 bits per heavy atom. The van der Waals surface area contributed by atoms with Crippen LogP contribution in [-0.2, 0) is 7.05 Å². The van der Waals surface area contributed by atoms with E-state index in [4.69, 9.17) is 0 Å². The maximum atomic E-state index is 12.3. The van der Waals surface area contributed by atoms with Crippen molar-refractivity contribution in [2.45, 2.75) is 18.9 Å². The number of nitrogens with one attached hydrogen (secondary N) is 2. The van der Waals surface area contributed by atoms with Crippen molar-refractivity contribution < 1.29 is 0 Å². The van der Waals surface area contributed by atoms with Gasteiger partial charge in [0, 0.05) is 19.7 Å². The molecule has 0 aliphatic carbocycles. The smallest absolute Gasteiger partial charge is 0.329 e. The molecule has 0 radical (unpaired) electrons. The standard InChI is InChI=1S/C17H17N5O3/c1-21-14(23)9-13(19-17(21)25)22-8-4-7-12(22)15-18-11-6-3-2-5-10(11)16(24)20-15/h2-3,5-6,9,12H,4,7-8H2,1H3,(H,19,25)(H,18,20,24). The molecule has 1 aromatic carbocycles. The summed E-state index contributed by atoms with van der Waals surface area (Å²) in [6.45, 7) is 0.671. The van der Waals surface area contributed by atoms with Gasteiger partial charge < -0.3 is 9.88 Å². The molecule has 1 aliphatic heterocycles. The Kier molecular flexibility index (Phi) is 3.52. The summed E-state index contributed by atoms with van der Waals surface area (Å²) >= 11 is 0. The Morgan fingerprint density at radius 1 is 1.16 bits per heavy atom. The van der Waals surface area contributed by atoms with Gasteiger partial charge in [-0.1, -0.05) is 12.1 Å². The Hall–Kier alpha value is -3.16. The first-order valence-corrected chi connectivity index (χ1v) is 8.10. The number of benzene rings is 1. The van der Waals surface area contributed by atoms with Crippen molar-refractivity contribution in [1.29, 1.82) is 0 Å². The Labute approximate surface area is 141 Å². The SMILES string of the molecule is Cn1c(=O)cc(N2CCCC2c2nc3ccccc3c(=O)[nH]2)[nH]c1=O. The predicted molar refractivity (Wildman–Crippen MR) is 94.0 cm³/mol. The number of anilines is 1. The van der Waals surface area contributed by atoms with E-state index in [-0.39, 0.29) is 17.2 Å². The van der Waals surface area contributed by atoms with Crippen LogP contribution in [0.5, 0.6) is 0 Å². The fourth-order valence-electron chi connectivity index (χ4n) is 3.30. The fourth-order valence-corrected chi connectivity index (χ4v) is 3.30. The molecular weight excluding hydrogens is 322 g/mol. The first-order chi connectivity index (χ1) is 12.0. The summed E-state index contributed by atoms with van der Waals surface area (Å²) in [6.07, 6.45) is 1.65. The molecule has 0 amide bonds. The highest BCUT2D eigenvalue weighted by atomic mass is 16.2. The van der Waals surface area contributed by atoms with Gasteiger partial charge in [-0.3, -0.25) is 19.1 Å². The number of hydrogen-bond acceptors (Lipinski definition) is 5. The van der Waals surface area contributed by atoms with Crippen molar-refractivity contribution in [2.24, 2.45) is 7.05 Å². The highest BCUT2D eigenvalue weighted by Crippen LogP contribution is 2.32. The van der Waals surface area contributed by atoms with Gasteiger partial charge in [-0.05, 0) is 25.0 Å². The molecule has 8 nitrogen and oxygen atoms in total. The Morgan fingerprint density at radius 3 is 2.76 bits per heavy atom. The molecule has 2 aromatic heterocycles. The van der Waals surface area contributed by atoms with E-state index >= 15 is 0 Å². The molecule has 1 saturated heterocycles. The molecule has 1 unspecified atom stereocenters. The van der Waals surface area contributed by atoms with Crippen molar-refractivity contribution in [3.63, 3.8) is 0 Å². The minimum absolute atomic E-state index is 0.190. The van der Waals surface area contributed by atoms with Crippen molar-refractivity contribution in [2.75, 3.05) is 11.4 Å². The van der Waals surface area contributed by atoms with Crippen LogP contribution in [-0.4, -0.2) is 26.1 Å². The topological polar surface area (TPSA) is 104 Å². The lowest BCUT2D eigenvalue weighted by atomic mass is 10.2. The quantitative estimate of drug-likeness (QED) is 0.713. The van der Waals surface area contributed by atoms with E-state index in [0.29, 0.717) is 29.1 Å². The number of hydrogen-bond donors (Lipinski definition) is 2. The number of rotatable bonds is 2. The number of fused-ring (bicyclic) bond motifs is 1. The maximum absolute atomic E-state index is 12.3. The number of H-pyrrole nitrogens is 2. The monoisotopic (exact) mass is 339 g/mol. The molecule has 128 valence electrons. The van der Waals surface area contributed by atoms with Crippen LogP contribution in [0.25, 0.3) is 10.9 Å². The summed E-state index contributed by atoms with van der Waals surface area (Å²) < 4.78 is 1.02. The van der Waals surface area contributed by atoms with Gasteiger partial charge in [0.25, 0.3) is 11.1 Å². The molecule has 8 heteroatoms. The van der Waals surface area contributed by atoms with Gasteiger partial charge in [0.1, 0.15) is 11.6 Å². The van der Waals surface area contributed by atoms with Crippen LogP contribution in [0.3, 0.4) is 0 Å². The second-order valence-corrected chi connectivity index (χ2v) is 6.18. The van der Waals surface area contributed by atoms with Crippen LogP contribution >= 0.6 is 0 Å². The van der Waals surface area contributed by atoms with Crippen molar-refractivity contribution in [3.8, 4) is 0 Å². The van der Waals surface area contributed by atoms with E-state index in [2.05, 4.69) is 15.0 Å². The van der Waals surface area contributed by atoms with Crippen LogP contribution in [0.1, 0.15) is 24.7 Å². The number of para-hydroxylation sites is 1. The molecule has 0 saturated carbocycles. The average Bonchev–Trinajstić information content (AvgIpc) is 3.09. The van der Waals surface area contributed by atoms with Crippen LogP contribution in [0.4, 0.5) is 5.82 Å². The van der Waals surface area contributed by atoms with Crippen molar-refractivity contribution in [3.05, 3.63) is 67.3 Å². The van der Waals surface area contributed by atoms with Crippen LogP contribution in [0.15, 0.2) is 44.7 Å². The molecule has 0 bridgehead atoms. The molecule has 3 heterocycles. The van der Waals surface area contributed by atoms with Gasteiger partial charge in [0.2, 0.25) is 0 Å². The first-order valence-electron chi connectivity index (χ1n) is 8.10. The zero-order valence-corrected chi connectivity index (χ0v) is 13.7. The van der Waals surface area contributed by atoms with E-state index in [1.165, 1.54) is 13.1 Å². The second kappa shape index (κ2) is 5.73. The summed E-state index contributed by atoms with van der Waals surface area (Å²) in [5, 5.41) is 0.540. The highest BCUT2D eigenvalue weighted by Gasteiger charge is 2.29. The van der Waals surface area contributed by atoms with E-state index in [0.717, 1.165) is 17.4 Å². The molecule has 1 aliphatic rings. The minimum Gasteiger partial charge on any atom is -0.348 e. The number of nitrogens with zero attached hydrogens (tertiary/aromatic N) is 3. The third-order valence-electron chi connectivity index (χ3n) is 4.64. The Balaban J connectivity index is 1.81. The zero-order valence-electron chi connectivity index (χ0n) is 13.7. The van der Waals surface area contributed by atoms with Gasteiger partial charge in [0.15, 0.2) is 0 Å². The van der Waals surface area contributed by atoms with Gasteiger partial charge in [-0.25, -0.2) is 9.78 Å². The number of aromatic nitrogens is 4. The van der Waals surface area contributed by atoms with Crippen LogP contribution in [0.2, 0.25) is 0 Å². The van der Waals surface area contributed by atoms with Crippen molar-refractivity contribution >= 4 is 16.7 Å². The lowest BCUT2D eigenvalue weighted by Crippen LogP contribution is -2.36. The predicted octanol–water partition coefficient (Wildman–Crippen LogP) is 0.652. The summed E-state index contributed by atoms with van der Waals surface area (Å²) in [4.78, 5) is 48.2. The van der Waals surface area contributed by atoms with E-state index in [1.807, 2.05) is 11.0 Å². The Bertz CT molecular complexity index is 1100. The maximum Gasteiger partial charge on any atom is 0.329 e. The van der Waals surface area contributed by atoms with Gasteiger partial charge in [0.05, 0.1) is 16.9 Å². The summed E-state index contributed by atoms with van der Waals surface area (Å²) in [5.41, 5.74) is -0.395. The largest absolute Gasteiger partial charge is 0.348 e. The number of aromatic amines is 2. The highest BCUT2D eigenvalue weighted by molar-refractivity contribution is 5.77.